The maximum atomic E-state index is 12.7. The van der Waals surface area contributed by atoms with Crippen molar-refractivity contribution in [1.82, 2.24) is 16.0 Å². The summed E-state index contributed by atoms with van der Waals surface area (Å²) in [6.07, 6.45) is 2.41. The Morgan fingerprint density at radius 3 is 1.63 bits per heavy atom. The monoisotopic (exact) mass is 383 g/mol. The first kappa shape index (κ1) is 25.1. The first-order chi connectivity index (χ1) is 12.5. The van der Waals surface area contributed by atoms with Crippen LogP contribution in [0, 0.1) is 17.8 Å². The van der Waals surface area contributed by atoms with Crippen LogP contribution in [0.15, 0.2) is 0 Å². The van der Waals surface area contributed by atoms with Crippen LogP contribution in [0.3, 0.4) is 0 Å². The average Bonchev–Trinajstić information content (AvgIpc) is 2.56. The molecule has 0 saturated carbocycles. The van der Waals surface area contributed by atoms with Crippen LogP contribution in [0.4, 0.5) is 0 Å². The second kappa shape index (κ2) is 12.5. The lowest BCUT2D eigenvalue weighted by Gasteiger charge is -2.27. The Hall–Kier alpha value is -1.92. The molecule has 3 N–H and O–H groups in total. The summed E-state index contributed by atoms with van der Waals surface area (Å²) >= 11 is 0. The van der Waals surface area contributed by atoms with E-state index < -0.39 is 18.1 Å². The maximum Gasteiger partial charge on any atom is 0.243 e. The lowest BCUT2D eigenvalue weighted by molar-refractivity contribution is -0.133. The molecule has 4 atom stereocenters. The van der Waals surface area contributed by atoms with Gasteiger partial charge in [0.1, 0.15) is 18.4 Å². The molecule has 7 nitrogen and oxygen atoms in total. The standard InChI is InChI=1S/C20H37N3O4/c1-8-14(6)18(11-24)23-20(27)17(10-13(4)5)22-19(26)16(9-12(2)3)21-15(7)25/h11-14,16-18H,8-10H2,1-7H3,(H,21,25)(H,22,26)(H,23,27)/t14-,16-,17-,18+/m0/s1. The zero-order chi connectivity index (χ0) is 21.1. The summed E-state index contributed by atoms with van der Waals surface area (Å²) in [5.41, 5.74) is 0. The molecule has 0 aliphatic carbocycles. The summed E-state index contributed by atoms with van der Waals surface area (Å²) in [6.45, 7) is 13.0. The Morgan fingerprint density at radius 2 is 1.26 bits per heavy atom. The van der Waals surface area contributed by atoms with E-state index in [1.165, 1.54) is 6.92 Å². The van der Waals surface area contributed by atoms with Gasteiger partial charge in [-0.2, -0.15) is 0 Å². The van der Waals surface area contributed by atoms with Gasteiger partial charge in [-0.1, -0.05) is 48.0 Å². The van der Waals surface area contributed by atoms with Crippen LogP contribution in [0.1, 0.15) is 67.7 Å². The number of rotatable bonds is 12. The largest absolute Gasteiger partial charge is 0.345 e. The van der Waals surface area contributed by atoms with E-state index in [0.717, 1.165) is 12.7 Å². The molecule has 0 saturated heterocycles. The molecule has 27 heavy (non-hydrogen) atoms. The fourth-order valence-electron chi connectivity index (χ4n) is 2.75. The SMILES string of the molecule is CC[C@H](C)[C@@H](C=O)NC(=O)[C@H](CC(C)C)NC(=O)[C@H](CC(C)C)NC(C)=O. The third kappa shape index (κ3) is 10.1. The molecule has 0 aromatic rings. The Balaban J connectivity index is 5.25. The van der Waals surface area contributed by atoms with Crippen molar-refractivity contribution in [2.45, 2.75) is 85.9 Å². The van der Waals surface area contributed by atoms with Crippen LogP contribution in [-0.4, -0.2) is 42.1 Å². The molecule has 156 valence electrons. The highest BCUT2D eigenvalue weighted by Crippen LogP contribution is 2.11. The topological polar surface area (TPSA) is 104 Å². The van der Waals surface area contributed by atoms with E-state index in [4.69, 9.17) is 0 Å². The molecule has 0 aliphatic heterocycles. The van der Waals surface area contributed by atoms with Crippen LogP contribution in [0.2, 0.25) is 0 Å². The van der Waals surface area contributed by atoms with E-state index >= 15 is 0 Å². The van der Waals surface area contributed by atoms with Crippen molar-refractivity contribution in [1.29, 1.82) is 0 Å². The lowest BCUT2D eigenvalue weighted by atomic mass is 9.97. The van der Waals surface area contributed by atoms with Crippen LogP contribution in [-0.2, 0) is 19.2 Å². The predicted octanol–water partition coefficient (Wildman–Crippen LogP) is 1.80. The molecule has 0 unspecified atom stereocenters. The van der Waals surface area contributed by atoms with Crippen molar-refractivity contribution < 1.29 is 19.2 Å². The molecule has 0 spiro atoms. The molecule has 0 aliphatic rings. The van der Waals surface area contributed by atoms with Gasteiger partial charge in [0.15, 0.2) is 0 Å². The van der Waals surface area contributed by atoms with Crippen molar-refractivity contribution in [3.63, 3.8) is 0 Å². The molecule has 0 heterocycles. The van der Waals surface area contributed by atoms with Gasteiger partial charge in [-0.25, -0.2) is 0 Å². The van der Waals surface area contributed by atoms with Crippen LogP contribution < -0.4 is 16.0 Å². The van der Waals surface area contributed by atoms with Crippen LogP contribution >= 0.6 is 0 Å². The normalized spacial score (nSPS) is 15.6. The number of amides is 3. The Kier molecular flexibility index (Phi) is 11.6. The Labute approximate surface area is 163 Å². The second-order valence-electron chi connectivity index (χ2n) is 8.13. The molecular weight excluding hydrogens is 346 g/mol. The molecule has 3 amide bonds. The highest BCUT2D eigenvalue weighted by molar-refractivity contribution is 5.92. The van der Waals surface area contributed by atoms with E-state index in [9.17, 15) is 19.2 Å². The molecule has 0 aromatic heterocycles. The zero-order valence-corrected chi connectivity index (χ0v) is 17.8. The van der Waals surface area contributed by atoms with Crippen molar-refractivity contribution >= 4 is 24.0 Å². The summed E-state index contributed by atoms with van der Waals surface area (Å²) in [5.74, 6) is -0.668. The van der Waals surface area contributed by atoms with Crippen LogP contribution in [0.25, 0.3) is 0 Å². The summed E-state index contributed by atoms with van der Waals surface area (Å²) in [5, 5.41) is 8.15. The van der Waals surface area contributed by atoms with E-state index in [1.54, 1.807) is 0 Å². The van der Waals surface area contributed by atoms with E-state index in [0.29, 0.717) is 12.8 Å². The molecule has 0 fully saturated rings. The zero-order valence-electron chi connectivity index (χ0n) is 17.8. The Bertz CT molecular complexity index is 505. The fourth-order valence-corrected chi connectivity index (χ4v) is 2.75. The minimum Gasteiger partial charge on any atom is -0.345 e. The molecule has 0 aromatic carbocycles. The van der Waals surface area contributed by atoms with Gasteiger partial charge in [-0.05, 0) is 30.6 Å². The highest BCUT2D eigenvalue weighted by atomic mass is 16.2. The molecule has 7 heteroatoms. The van der Waals surface area contributed by atoms with Gasteiger partial charge in [0, 0.05) is 6.92 Å². The number of aldehydes is 1. The number of nitrogens with one attached hydrogen (secondary N) is 3. The first-order valence-corrected chi connectivity index (χ1v) is 9.84. The number of carbonyl (C=O) groups is 4. The Morgan fingerprint density at radius 1 is 0.815 bits per heavy atom. The van der Waals surface area contributed by atoms with Crippen molar-refractivity contribution in [2.24, 2.45) is 17.8 Å². The van der Waals surface area contributed by atoms with Gasteiger partial charge in [-0.15, -0.1) is 0 Å². The lowest BCUT2D eigenvalue weighted by Crippen LogP contribution is -2.56. The molecule has 0 bridgehead atoms. The van der Waals surface area contributed by atoms with Gasteiger partial charge in [-0.3, -0.25) is 14.4 Å². The summed E-state index contributed by atoms with van der Waals surface area (Å²) < 4.78 is 0. The van der Waals surface area contributed by atoms with Crippen molar-refractivity contribution in [3.05, 3.63) is 0 Å². The van der Waals surface area contributed by atoms with E-state index in [2.05, 4.69) is 16.0 Å². The summed E-state index contributed by atoms with van der Waals surface area (Å²) in [6, 6.07) is -2.04. The minimum absolute atomic E-state index is 0.00919. The second-order valence-corrected chi connectivity index (χ2v) is 8.13. The number of hydrogen-bond acceptors (Lipinski definition) is 4. The van der Waals surface area contributed by atoms with Gasteiger partial charge in [0.25, 0.3) is 0 Å². The number of hydrogen-bond donors (Lipinski definition) is 3. The average molecular weight is 384 g/mol. The molecular formula is C20H37N3O4. The highest BCUT2D eigenvalue weighted by Gasteiger charge is 2.29. The third-order valence-electron chi connectivity index (χ3n) is 4.45. The summed E-state index contributed by atoms with van der Waals surface area (Å²) in [4.78, 5) is 48.1. The van der Waals surface area contributed by atoms with E-state index in [-0.39, 0.29) is 35.5 Å². The van der Waals surface area contributed by atoms with Gasteiger partial charge < -0.3 is 20.7 Å². The summed E-state index contributed by atoms with van der Waals surface area (Å²) in [7, 11) is 0. The van der Waals surface area contributed by atoms with Gasteiger partial charge in [0.05, 0.1) is 6.04 Å². The van der Waals surface area contributed by atoms with Crippen LogP contribution in [0.5, 0.6) is 0 Å². The van der Waals surface area contributed by atoms with E-state index in [1.807, 2.05) is 41.5 Å². The maximum absolute atomic E-state index is 12.7. The van der Waals surface area contributed by atoms with Gasteiger partial charge >= 0.3 is 0 Å². The molecule has 0 rings (SSSR count). The van der Waals surface area contributed by atoms with Gasteiger partial charge in [0.2, 0.25) is 17.7 Å². The number of carbonyl (C=O) groups excluding carboxylic acids is 4. The fraction of sp³-hybridized carbons (Fsp3) is 0.800. The first-order valence-electron chi connectivity index (χ1n) is 9.84. The predicted molar refractivity (Wildman–Crippen MR) is 106 cm³/mol. The third-order valence-corrected chi connectivity index (χ3v) is 4.45. The minimum atomic E-state index is -0.757. The quantitative estimate of drug-likeness (QED) is 0.447. The van der Waals surface area contributed by atoms with Crippen molar-refractivity contribution in [3.8, 4) is 0 Å². The smallest absolute Gasteiger partial charge is 0.243 e. The molecule has 0 radical (unpaired) electrons. The van der Waals surface area contributed by atoms with Crippen molar-refractivity contribution in [2.75, 3.05) is 0 Å².